The summed E-state index contributed by atoms with van der Waals surface area (Å²) in [5.41, 5.74) is -0.194. The zero-order chi connectivity index (χ0) is 10.8. The number of anilines is 1. The topological polar surface area (TPSA) is 69.2 Å². The molecule has 6 heteroatoms. The number of aliphatic hydroxyl groups excluding tert-OH is 1. The molecule has 0 aliphatic carbocycles. The standard InChI is InChI=1S/C9H12BrN3O2/c10-7-8(11-5-12-9(7)15)13-3-1-2-6(14)4-13/h5-6,14H,1-4H2,(H,11,12,15)/t6-/m0/s1. The molecule has 0 unspecified atom stereocenters. The predicted octanol–water partition coefficient (Wildman–Crippen LogP) is 0.493. The molecular weight excluding hydrogens is 262 g/mol. The van der Waals surface area contributed by atoms with Gasteiger partial charge in [0.25, 0.3) is 5.56 Å². The van der Waals surface area contributed by atoms with Crippen molar-refractivity contribution < 1.29 is 5.11 Å². The number of H-pyrrole nitrogens is 1. The summed E-state index contributed by atoms with van der Waals surface area (Å²) in [5, 5.41) is 9.53. The summed E-state index contributed by atoms with van der Waals surface area (Å²) in [7, 11) is 0. The highest BCUT2D eigenvalue weighted by molar-refractivity contribution is 9.10. The van der Waals surface area contributed by atoms with Gasteiger partial charge in [-0.2, -0.15) is 0 Å². The Hall–Kier alpha value is -0.880. The molecule has 1 aliphatic heterocycles. The highest BCUT2D eigenvalue weighted by Crippen LogP contribution is 2.22. The second-order valence-electron chi connectivity index (χ2n) is 3.61. The molecule has 0 bridgehead atoms. The van der Waals surface area contributed by atoms with E-state index in [0.29, 0.717) is 16.8 Å². The number of aliphatic hydroxyl groups is 1. The van der Waals surface area contributed by atoms with Gasteiger partial charge in [-0.3, -0.25) is 4.79 Å². The van der Waals surface area contributed by atoms with Crippen LogP contribution in [0, 0.1) is 0 Å². The molecule has 0 radical (unpaired) electrons. The van der Waals surface area contributed by atoms with Gasteiger partial charge in [0.2, 0.25) is 0 Å². The lowest BCUT2D eigenvalue weighted by atomic mass is 10.1. The summed E-state index contributed by atoms with van der Waals surface area (Å²) in [6.07, 6.45) is 2.79. The van der Waals surface area contributed by atoms with E-state index >= 15 is 0 Å². The average molecular weight is 274 g/mol. The monoisotopic (exact) mass is 273 g/mol. The predicted molar refractivity (Wildman–Crippen MR) is 60.0 cm³/mol. The van der Waals surface area contributed by atoms with Crippen LogP contribution in [0.4, 0.5) is 5.82 Å². The molecule has 1 atom stereocenters. The fourth-order valence-corrected chi connectivity index (χ4v) is 2.21. The molecule has 2 rings (SSSR count). The molecule has 0 amide bonds. The van der Waals surface area contributed by atoms with Crippen molar-refractivity contribution in [3.05, 3.63) is 21.2 Å². The van der Waals surface area contributed by atoms with Crippen LogP contribution in [-0.2, 0) is 0 Å². The number of piperidine rings is 1. The van der Waals surface area contributed by atoms with Crippen molar-refractivity contribution in [2.75, 3.05) is 18.0 Å². The molecule has 5 nitrogen and oxygen atoms in total. The Kier molecular flexibility index (Phi) is 3.06. The van der Waals surface area contributed by atoms with Crippen molar-refractivity contribution in [2.45, 2.75) is 18.9 Å². The number of nitrogens with zero attached hydrogens (tertiary/aromatic N) is 2. The molecule has 0 aromatic carbocycles. The van der Waals surface area contributed by atoms with Crippen LogP contribution < -0.4 is 10.5 Å². The van der Waals surface area contributed by atoms with Crippen LogP contribution in [0.5, 0.6) is 0 Å². The second kappa shape index (κ2) is 4.32. The van der Waals surface area contributed by atoms with Gasteiger partial charge >= 0.3 is 0 Å². The maximum absolute atomic E-state index is 11.3. The Balaban J connectivity index is 2.28. The Bertz CT molecular complexity index is 407. The van der Waals surface area contributed by atoms with Crippen LogP contribution in [0.25, 0.3) is 0 Å². The van der Waals surface area contributed by atoms with Gasteiger partial charge < -0.3 is 15.0 Å². The maximum Gasteiger partial charge on any atom is 0.267 e. The lowest BCUT2D eigenvalue weighted by Crippen LogP contribution is -2.39. The van der Waals surface area contributed by atoms with Gasteiger partial charge in [0.15, 0.2) is 0 Å². The number of nitrogens with one attached hydrogen (secondary N) is 1. The van der Waals surface area contributed by atoms with Gasteiger partial charge in [0.05, 0.1) is 12.4 Å². The first-order valence-electron chi connectivity index (χ1n) is 4.84. The molecule has 0 spiro atoms. The summed E-state index contributed by atoms with van der Waals surface area (Å²) in [6, 6.07) is 0. The number of hydrogen-bond acceptors (Lipinski definition) is 4. The minimum atomic E-state index is -0.327. The van der Waals surface area contributed by atoms with Crippen LogP contribution in [0.15, 0.2) is 15.6 Å². The Morgan fingerprint density at radius 3 is 3.20 bits per heavy atom. The molecule has 1 fully saturated rings. The first-order valence-corrected chi connectivity index (χ1v) is 5.64. The SMILES string of the molecule is O=c1[nH]cnc(N2CCC[C@H](O)C2)c1Br. The van der Waals surface area contributed by atoms with E-state index in [-0.39, 0.29) is 11.7 Å². The largest absolute Gasteiger partial charge is 0.391 e. The number of hydrogen-bond donors (Lipinski definition) is 2. The smallest absolute Gasteiger partial charge is 0.267 e. The van der Waals surface area contributed by atoms with E-state index < -0.39 is 0 Å². The first-order chi connectivity index (χ1) is 7.18. The highest BCUT2D eigenvalue weighted by atomic mass is 79.9. The summed E-state index contributed by atoms with van der Waals surface area (Å²) in [6.45, 7) is 1.36. The zero-order valence-corrected chi connectivity index (χ0v) is 9.70. The number of rotatable bonds is 1. The van der Waals surface area contributed by atoms with Crippen molar-refractivity contribution in [3.8, 4) is 0 Å². The van der Waals surface area contributed by atoms with Crippen molar-refractivity contribution >= 4 is 21.7 Å². The maximum atomic E-state index is 11.3. The van der Waals surface area contributed by atoms with Crippen molar-refractivity contribution in [3.63, 3.8) is 0 Å². The zero-order valence-electron chi connectivity index (χ0n) is 8.11. The number of aromatic amines is 1. The molecule has 82 valence electrons. The van der Waals surface area contributed by atoms with Gasteiger partial charge in [-0.1, -0.05) is 0 Å². The van der Waals surface area contributed by atoms with E-state index in [1.54, 1.807) is 0 Å². The average Bonchev–Trinajstić information content (AvgIpc) is 2.22. The molecule has 1 saturated heterocycles. The van der Waals surface area contributed by atoms with Crippen LogP contribution in [0.1, 0.15) is 12.8 Å². The Morgan fingerprint density at radius 1 is 1.67 bits per heavy atom. The van der Waals surface area contributed by atoms with E-state index in [9.17, 15) is 9.90 Å². The summed E-state index contributed by atoms with van der Waals surface area (Å²) in [4.78, 5) is 19.9. The minimum Gasteiger partial charge on any atom is -0.391 e. The number of halogens is 1. The molecule has 1 aromatic rings. The van der Waals surface area contributed by atoms with Crippen molar-refractivity contribution in [1.29, 1.82) is 0 Å². The lowest BCUT2D eigenvalue weighted by Gasteiger charge is -2.31. The minimum absolute atomic E-state index is 0.194. The quantitative estimate of drug-likeness (QED) is 0.782. The lowest BCUT2D eigenvalue weighted by molar-refractivity contribution is 0.154. The Labute approximate surface area is 95.3 Å². The van der Waals surface area contributed by atoms with E-state index in [1.165, 1.54) is 6.33 Å². The summed E-state index contributed by atoms with van der Waals surface area (Å²) in [5.74, 6) is 0.609. The van der Waals surface area contributed by atoms with Gasteiger partial charge in [-0.25, -0.2) is 4.98 Å². The highest BCUT2D eigenvalue weighted by Gasteiger charge is 2.21. The third-order valence-electron chi connectivity index (χ3n) is 2.47. The van der Waals surface area contributed by atoms with Gasteiger partial charge in [0, 0.05) is 13.1 Å². The fraction of sp³-hybridized carbons (Fsp3) is 0.556. The fourth-order valence-electron chi connectivity index (χ4n) is 1.74. The summed E-state index contributed by atoms with van der Waals surface area (Å²) >= 11 is 3.21. The normalized spacial score (nSPS) is 21.7. The third kappa shape index (κ3) is 2.21. The molecule has 1 aromatic heterocycles. The van der Waals surface area contributed by atoms with E-state index in [1.807, 2.05) is 4.90 Å². The molecule has 0 saturated carbocycles. The number of aromatic nitrogens is 2. The molecule has 2 heterocycles. The van der Waals surface area contributed by atoms with Gasteiger partial charge in [-0.05, 0) is 28.8 Å². The Morgan fingerprint density at radius 2 is 2.47 bits per heavy atom. The van der Waals surface area contributed by atoms with Crippen molar-refractivity contribution in [2.24, 2.45) is 0 Å². The molecule has 1 aliphatic rings. The van der Waals surface area contributed by atoms with Crippen LogP contribution in [0.3, 0.4) is 0 Å². The first kappa shape index (κ1) is 10.6. The third-order valence-corrected chi connectivity index (χ3v) is 3.19. The molecular formula is C9H12BrN3O2. The van der Waals surface area contributed by atoms with E-state index in [4.69, 9.17) is 0 Å². The number of β-amino-alcohol motifs (C(OH)–C–C–N with tert-alkyl or cyclic N) is 1. The van der Waals surface area contributed by atoms with Crippen LogP contribution in [0.2, 0.25) is 0 Å². The van der Waals surface area contributed by atoms with Crippen LogP contribution in [-0.4, -0.2) is 34.3 Å². The van der Waals surface area contributed by atoms with Gasteiger partial charge in [0.1, 0.15) is 10.3 Å². The van der Waals surface area contributed by atoms with E-state index in [2.05, 4.69) is 25.9 Å². The van der Waals surface area contributed by atoms with Gasteiger partial charge in [-0.15, -0.1) is 0 Å². The second-order valence-corrected chi connectivity index (χ2v) is 4.40. The summed E-state index contributed by atoms with van der Waals surface area (Å²) < 4.78 is 0.430. The van der Waals surface area contributed by atoms with E-state index in [0.717, 1.165) is 19.4 Å². The molecule has 15 heavy (non-hydrogen) atoms. The molecule has 2 N–H and O–H groups in total. The van der Waals surface area contributed by atoms with Crippen molar-refractivity contribution in [1.82, 2.24) is 9.97 Å². The van der Waals surface area contributed by atoms with Crippen LogP contribution >= 0.6 is 15.9 Å².